The lowest BCUT2D eigenvalue weighted by Crippen LogP contribution is -2.26. The maximum Gasteiger partial charge on any atom is 0.0348 e. The molecule has 4 heteroatoms. The number of piperidine rings is 1. The van der Waals surface area contributed by atoms with Crippen LogP contribution in [-0.2, 0) is 0 Å². The van der Waals surface area contributed by atoms with Crippen molar-refractivity contribution in [2.75, 3.05) is 25.6 Å². The number of benzene rings is 1. The second-order valence-electron chi connectivity index (χ2n) is 4.26. The third-order valence-corrected chi connectivity index (χ3v) is 5.89. The summed E-state index contributed by atoms with van der Waals surface area (Å²) < 4.78 is 1.25. The monoisotopic (exact) mass is 331 g/mol. The number of hydrogen-bond donors (Lipinski definition) is 1. The molecule has 0 aliphatic carbocycles. The molecule has 0 saturated carbocycles. The molecule has 1 aromatic carbocycles. The van der Waals surface area contributed by atoms with E-state index < -0.39 is 0 Å². The fraction of sp³-hybridized carbons (Fsp3) is 0.538. The van der Waals surface area contributed by atoms with Crippen LogP contribution in [0.2, 0.25) is 0 Å². The molecule has 0 spiro atoms. The molecule has 1 aromatic rings. The first kappa shape index (κ1) is 13.8. The van der Waals surface area contributed by atoms with Gasteiger partial charge in [-0.3, -0.25) is 0 Å². The molecule has 1 saturated heterocycles. The highest BCUT2D eigenvalue weighted by atomic mass is 79.9. The first-order valence-electron chi connectivity index (χ1n) is 5.88. The molecule has 0 aromatic heterocycles. The largest absolute Gasteiger partial charge is 0.317 e. The Balaban J connectivity index is 2.31. The average Bonchev–Trinajstić information content (AvgIpc) is 2.38. The minimum Gasteiger partial charge on any atom is -0.317 e. The van der Waals surface area contributed by atoms with Crippen molar-refractivity contribution in [3.63, 3.8) is 0 Å². The molecule has 1 nitrogen and oxygen atoms in total. The highest BCUT2D eigenvalue weighted by Crippen LogP contribution is 2.39. The molecular formula is C13H18BrNS2. The maximum atomic E-state index is 3.72. The Labute approximate surface area is 121 Å². The van der Waals surface area contributed by atoms with Crippen LogP contribution in [0.3, 0.4) is 0 Å². The van der Waals surface area contributed by atoms with Crippen molar-refractivity contribution >= 4 is 39.5 Å². The van der Waals surface area contributed by atoms with E-state index in [1.54, 1.807) is 0 Å². The smallest absolute Gasteiger partial charge is 0.0348 e. The van der Waals surface area contributed by atoms with Crippen molar-refractivity contribution in [2.24, 2.45) is 0 Å². The maximum absolute atomic E-state index is 3.72. The van der Waals surface area contributed by atoms with Crippen molar-refractivity contribution in [2.45, 2.75) is 28.6 Å². The van der Waals surface area contributed by atoms with E-state index in [2.05, 4.69) is 45.9 Å². The molecule has 1 N–H and O–H groups in total. The van der Waals surface area contributed by atoms with Crippen molar-refractivity contribution in [3.05, 3.63) is 22.2 Å². The first-order chi connectivity index (χ1) is 8.26. The summed E-state index contributed by atoms with van der Waals surface area (Å²) >= 11 is 7.38. The summed E-state index contributed by atoms with van der Waals surface area (Å²) in [6, 6.07) is 4.71. The first-order valence-corrected chi connectivity index (χ1v) is 9.12. The zero-order valence-corrected chi connectivity index (χ0v) is 13.5. The molecule has 2 rings (SSSR count). The van der Waals surface area contributed by atoms with Gasteiger partial charge < -0.3 is 5.32 Å². The van der Waals surface area contributed by atoms with E-state index in [-0.39, 0.29) is 0 Å². The topological polar surface area (TPSA) is 12.0 Å². The van der Waals surface area contributed by atoms with Gasteiger partial charge in [-0.15, -0.1) is 23.5 Å². The quantitative estimate of drug-likeness (QED) is 0.826. The van der Waals surface area contributed by atoms with Crippen LogP contribution >= 0.6 is 39.5 Å². The zero-order chi connectivity index (χ0) is 12.3. The molecular weight excluding hydrogens is 314 g/mol. The second kappa shape index (κ2) is 6.50. The Kier molecular flexibility index (Phi) is 5.27. The lowest BCUT2D eigenvalue weighted by molar-refractivity contribution is 0.459. The van der Waals surface area contributed by atoms with E-state index >= 15 is 0 Å². The lowest BCUT2D eigenvalue weighted by Gasteiger charge is -2.24. The summed E-state index contributed by atoms with van der Waals surface area (Å²) in [5.74, 6) is 0.731. The fourth-order valence-electron chi connectivity index (χ4n) is 2.33. The summed E-state index contributed by atoms with van der Waals surface area (Å²) in [7, 11) is 0. The van der Waals surface area contributed by atoms with Crippen LogP contribution in [0.4, 0.5) is 0 Å². The van der Waals surface area contributed by atoms with Crippen LogP contribution in [0.25, 0.3) is 0 Å². The lowest BCUT2D eigenvalue weighted by atomic mass is 9.90. The number of thioether (sulfide) groups is 2. The fourth-order valence-corrected chi connectivity index (χ4v) is 4.99. The van der Waals surface area contributed by atoms with E-state index in [0.29, 0.717) is 0 Å². The van der Waals surface area contributed by atoms with E-state index in [1.165, 1.54) is 32.7 Å². The molecule has 0 unspecified atom stereocenters. The third-order valence-electron chi connectivity index (χ3n) is 3.27. The summed E-state index contributed by atoms with van der Waals surface area (Å²) in [4.78, 5) is 2.77. The predicted octanol–water partition coefficient (Wildman–Crippen LogP) is 4.36. The van der Waals surface area contributed by atoms with Crippen LogP contribution < -0.4 is 5.32 Å². The highest BCUT2D eigenvalue weighted by Gasteiger charge is 2.17. The van der Waals surface area contributed by atoms with Crippen molar-refractivity contribution in [3.8, 4) is 0 Å². The van der Waals surface area contributed by atoms with Gasteiger partial charge in [-0.05, 0) is 78.0 Å². The summed E-state index contributed by atoms with van der Waals surface area (Å²) in [6.07, 6.45) is 6.83. The van der Waals surface area contributed by atoms with Crippen molar-refractivity contribution in [1.82, 2.24) is 5.32 Å². The Morgan fingerprint density at radius 2 is 1.88 bits per heavy atom. The Morgan fingerprint density at radius 1 is 1.18 bits per heavy atom. The van der Waals surface area contributed by atoms with Gasteiger partial charge in [-0.25, -0.2) is 0 Å². The van der Waals surface area contributed by atoms with Gasteiger partial charge in [0.2, 0.25) is 0 Å². The van der Waals surface area contributed by atoms with Crippen molar-refractivity contribution in [1.29, 1.82) is 0 Å². The van der Waals surface area contributed by atoms with Crippen LogP contribution in [0.1, 0.15) is 24.3 Å². The van der Waals surface area contributed by atoms with E-state index in [0.717, 1.165) is 19.0 Å². The van der Waals surface area contributed by atoms with Gasteiger partial charge in [0, 0.05) is 14.3 Å². The molecule has 1 aliphatic rings. The summed E-state index contributed by atoms with van der Waals surface area (Å²) in [6.45, 7) is 2.31. The Bertz CT molecular complexity index is 389. The number of nitrogens with one attached hydrogen (secondary N) is 1. The molecule has 0 bridgehead atoms. The molecule has 1 heterocycles. The van der Waals surface area contributed by atoms with Gasteiger partial charge in [-0.2, -0.15) is 0 Å². The van der Waals surface area contributed by atoms with Gasteiger partial charge in [0.1, 0.15) is 0 Å². The van der Waals surface area contributed by atoms with Crippen LogP contribution in [-0.4, -0.2) is 25.6 Å². The normalized spacial score (nSPS) is 17.4. The molecule has 1 aliphatic heterocycles. The average molecular weight is 332 g/mol. The molecule has 0 amide bonds. The minimum atomic E-state index is 0.731. The molecule has 0 radical (unpaired) electrons. The standard InChI is InChI=1S/C13H18BrNS2/c1-16-12-8-10(7-11(14)13(12)17-2)9-3-5-15-6-4-9/h7-9,15H,3-6H2,1-2H3. The summed E-state index contributed by atoms with van der Waals surface area (Å²) in [5, 5.41) is 3.43. The van der Waals surface area contributed by atoms with Crippen LogP contribution in [0, 0.1) is 0 Å². The SMILES string of the molecule is CSc1cc(C2CCNCC2)cc(Br)c1SC. The predicted molar refractivity (Wildman–Crippen MR) is 82.5 cm³/mol. The minimum absolute atomic E-state index is 0.731. The number of rotatable bonds is 3. The van der Waals surface area contributed by atoms with Gasteiger partial charge in [-0.1, -0.05) is 0 Å². The van der Waals surface area contributed by atoms with E-state index in [4.69, 9.17) is 0 Å². The second-order valence-corrected chi connectivity index (χ2v) is 6.78. The van der Waals surface area contributed by atoms with Crippen LogP contribution in [0.15, 0.2) is 26.4 Å². The van der Waals surface area contributed by atoms with Gasteiger partial charge in [0.25, 0.3) is 0 Å². The van der Waals surface area contributed by atoms with Gasteiger partial charge in [0.05, 0.1) is 0 Å². The van der Waals surface area contributed by atoms with E-state index in [9.17, 15) is 0 Å². The molecule has 1 fully saturated rings. The number of hydrogen-bond acceptors (Lipinski definition) is 3. The van der Waals surface area contributed by atoms with Crippen LogP contribution in [0.5, 0.6) is 0 Å². The molecule has 17 heavy (non-hydrogen) atoms. The highest BCUT2D eigenvalue weighted by molar-refractivity contribution is 9.10. The van der Waals surface area contributed by atoms with Gasteiger partial charge in [0.15, 0.2) is 0 Å². The number of halogens is 1. The van der Waals surface area contributed by atoms with Gasteiger partial charge >= 0.3 is 0 Å². The third kappa shape index (κ3) is 3.22. The van der Waals surface area contributed by atoms with E-state index in [1.807, 2.05) is 23.5 Å². The molecule has 0 atom stereocenters. The zero-order valence-electron chi connectivity index (χ0n) is 10.3. The molecule has 94 valence electrons. The summed E-state index contributed by atoms with van der Waals surface area (Å²) in [5.41, 5.74) is 1.50. The Morgan fingerprint density at radius 3 is 2.47 bits per heavy atom. The Hall–Kier alpha value is 0.360. The van der Waals surface area contributed by atoms with Crippen molar-refractivity contribution < 1.29 is 0 Å².